The summed E-state index contributed by atoms with van der Waals surface area (Å²) in [6, 6.07) is 1.61. The standard InChI is InChI=1S/C20H34N2O6S/c1-7-14(2)29(24,25)20(5,6)18(23)21-16-12-15(22-28-16)19(3,4)13-27-17-10-8-9-11-26-17/h12,14,17H,7-11,13H2,1-6H3,(H,21,23)/t14-,17?/m0/s1. The van der Waals surface area contributed by atoms with E-state index in [4.69, 9.17) is 14.0 Å². The molecule has 8 nitrogen and oxygen atoms in total. The molecule has 29 heavy (non-hydrogen) atoms. The van der Waals surface area contributed by atoms with Crippen molar-refractivity contribution in [3.8, 4) is 0 Å². The number of aromatic nitrogens is 1. The predicted molar refractivity (Wildman–Crippen MR) is 110 cm³/mol. The summed E-state index contributed by atoms with van der Waals surface area (Å²) in [5, 5.41) is 5.97. The van der Waals surface area contributed by atoms with Crippen LogP contribution in [-0.4, -0.2) is 49.0 Å². The Balaban J connectivity index is 2.04. The first-order valence-corrected chi connectivity index (χ1v) is 11.7. The molecule has 1 N–H and O–H groups in total. The van der Waals surface area contributed by atoms with E-state index in [1.165, 1.54) is 13.8 Å². The highest BCUT2D eigenvalue weighted by Gasteiger charge is 2.44. The number of carbonyl (C=O) groups is 1. The van der Waals surface area contributed by atoms with Crippen molar-refractivity contribution in [1.29, 1.82) is 0 Å². The van der Waals surface area contributed by atoms with Crippen LogP contribution in [0.2, 0.25) is 0 Å². The Kier molecular flexibility index (Phi) is 7.51. The summed E-state index contributed by atoms with van der Waals surface area (Å²) in [7, 11) is -3.66. The van der Waals surface area contributed by atoms with E-state index in [0.29, 0.717) is 25.3 Å². The molecule has 1 aromatic heterocycles. The number of carbonyl (C=O) groups excluding carboxylic acids is 1. The molecule has 1 aliphatic heterocycles. The number of anilines is 1. The number of sulfone groups is 1. The smallest absolute Gasteiger partial charge is 0.247 e. The summed E-state index contributed by atoms with van der Waals surface area (Å²) in [6.07, 6.45) is 3.24. The van der Waals surface area contributed by atoms with Gasteiger partial charge >= 0.3 is 0 Å². The van der Waals surface area contributed by atoms with E-state index in [1.807, 2.05) is 13.8 Å². The van der Waals surface area contributed by atoms with Crippen LogP contribution in [-0.2, 0) is 29.5 Å². The maximum absolute atomic E-state index is 12.7. The van der Waals surface area contributed by atoms with E-state index >= 15 is 0 Å². The average molecular weight is 431 g/mol. The van der Waals surface area contributed by atoms with Crippen molar-refractivity contribution in [3.63, 3.8) is 0 Å². The summed E-state index contributed by atoms with van der Waals surface area (Å²) < 4.78 is 40.5. The highest BCUT2D eigenvalue weighted by Crippen LogP contribution is 2.29. The Bertz CT molecular complexity index is 794. The van der Waals surface area contributed by atoms with Crippen LogP contribution in [0.1, 0.15) is 72.9 Å². The van der Waals surface area contributed by atoms with Gasteiger partial charge in [-0.2, -0.15) is 0 Å². The first-order chi connectivity index (χ1) is 13.4. The molecule has 0 radical (unpaired) electrons. The number of hydrogen-bond donors (Lipinski definition) is 1. The highest BCUT2D eigenvalue weighted by atomic mass is 32.2. The summed E-state index contributed by atoms with van der Waals surface area (Å²) in [6.45, 7) is 11.2. The van der Waals surface area contributed by atoms with E-state index in [2.05, 4.69) is 10.5 Å². The van der Waals surface area contributed by atoms with Crippen LogP contribution < -0.4 is 5.32 Å². The molecule has 166 valence electrons. The van der Waals surface area contributed by atoms with E-state index in [9.17, 15) is 13.2 Å². The predicted octanol–water partition coefficient (Wildman–Crippen LogP) is 3.43. The largest absolute Gasteiger partial charge is 0.353 e. The van der Waals surface area contributed by atoms with Crippen molar-refractivity contribution in [3.05, 3.63) is 11.8 Å². The van der Waals surface area contributed by atoms with Crippen LogP contribution in [0, 0.1) is 0 Å². The lowest BCUT2D eigenvalue weighted by Gasteiger charge is -2.28. The highest BCUT2D eigenvalue weighted by molar-refractivity contribution is 7.94. The van der Waals surface area contributed by atoms with Gasteiger partial charge in [0.2, 0.25) is 11.8 Å². The number of nitrogens with one attached hydrogen (secondary N) is 1. The summed E-state index contributed by atoms with van der Waals surface area (Å²) in [5.41, 5.74) is 0.136. The second-order valence-electron chi connectivity index (χ2n) is 8.80. The van der Waals surface area contributed by atoms with Gasteiger partial charge in [0.1, 0.15) is 4.75 Å². The zero-order valence-corrected chi connectivity index (χ0v) is 19.1. The molecular formula is C20H34N2O6S. The molecule has 1 fully saturated rings. The van der Waals surface area contributed by atoms with Crippen molar-refractivity contribution in [1.82, 2.24) is 5.16 Å². The van der Waals surface area contributed by atoms with E-state index in [0.717, 1.165) is 19.3 Å². The molecule has 1 saturated heterocycles. The number of hydrogen-bond acceptors (Lipinski definition) is 7. The average Bonchev–Trinajstić information content (AvgIpc) is 3.15. The normalized spacial score (nSPS) is 19.7. The molecule has 9 heteroatoms. The fraction of sp³-hybridized carbons (Fsp3) is 0.800. The van der Waals surface area contributed by atoms with Crippen molar-refractivity contribution in [2.75, 3.05) is 18.5 Å². The summed E-state index contributed by atoms with van der Waals surface area (Å²) >= 11 is 0. The van der Waals surface area contributed by atoms with E-state index in [1.54, 1.807) is 19.9 Å². The first kappa shape index (κ1) is 23.8. The van der Waals surface area contributed by atoms with Gasteiger partial charge in [-0.15, -0.1) is 0 Å². The number of nitrogens with zero attached hydrogens (tertiary/aromatic N) is 1. The Labute approximate surface area is 173 Å². The van der Waals surface area contributed by atoms with Gasteiger partial charge in [-0.05, 0) is 46.5 Å². The molecule has 0 aromatic carbocycles. The molecule has 0 saturated carbocycles. The molecule has 1 unspecified atom stereocenters. The number of amides is 1. The second kappa shape index (κ2) is 9.14. The van der Waals surface area contributed by atoms with E-state index in [-0.39, 0.29) is 12.2 Å². The fourth-order valence-corrected chi connectivity index (χ4v) is 4.74. The fourth-order valence-electron chi connectivity index (χ4n) is 2.98. The Morgan fingerprint density at radius 1 is 1.34 bits per heavy atom. The molecular weight excluding hydrogens is 396 g/mol. The third-order valence-electron chi connectivity index (χ3n) is 5.57. The maximum Gasteiger partial charge on any atom is 0.247 e. The van der Waals surface area contributed by atoms with Crippen LogP contribution in [0.3, 0.4) is 0 Å². The molecule has 1 aliphatic rings. The van der Waals surface area contributed by atoms with Crippen molar-refractivity contribution in [2.45, 2.75) is 88.9 Å². The molecule has 2 rings (SSSR count). The first-order valence-electron chi connectivity index (χ1n) is 10.2. The minimum absolute atomic E-state index is 0.111. The summed E-state index contributed by atoms with van der Waals surface area (Å²) in [5.74, 6) is -0.537. The van der Waals surface area contributed by atoms with Crippen molar-refractivity contribution >= 4 is 21.6 Å². The van der Waals surface area contributed by atoms with Crippen LogP contribution in [0.5, 0.6) is 0 Å². The molecule has 1 aromatic rings. The molecule has 0 spiro atoms. The van der Waals surface area contributed by atoms with Gasteiger partial charge in [-0.25, -0.2) is 8.42 Å². The Morgan fingerprint density at radius 3 is 2.62 bits per heavy atom. The minimum atomic E-state index is -3.66. The van der Waals surface area contributed by atoms with Crippen molar-refractivity contribution in [2.24, 2.45) is 0 Å². The van der Waals surface area contributed by atoms with Crippen LogP contribution >= 0.6 is 0 Å². The summed E-state index contributed by atoms with van der Waals surface area (Å²) in [4.78, 5) is 12.7. The minimum Gasteiger partial charge on any atom is -0.353 e. The van der Waals surface area contributed by atoms with Crippen molar-refractivity contribution < 1.29 is 27.2 Å². The lowest BCUT2D eigenvalue weighted by atomic mass is 9.90. The zero-order valence-electron chi connectivity index (χ0n) is 18.3. The monoisotopic (exact) mass is 430 g/mol. The molecule has 0 aliphatic carbocycles. The van der Waals surface area contributed by atoms with Gasteiger partial charge in [-0.3, -0.25) is 10.1 Å². The molecule has 2 heterocycles. The quantitative estimate of drug-likeness (QED) is 0.639. The lowest BCUT2D eigenvalue weighted by Crippen LogP contribution is -2.48. The third kappa shape index (κ3) is 5.38. The van der Waals surface area contributed by atoms with Gasteiger partial charge in [-0.1, -0.05) is 25.9 Å². The maximum atomic E-state index is 12.7. The topological polar surface area (TPSA) is 108 Å². The Morgan fingerprint density at radius 2 is 2.03 bits per heavy atom. The molecule has 2 atom stereocenters. The zero-order chi connectivity index (χ0) is 21.9. The molecule has 1 amide bonds. The third-order valence-corrected chi connectivity index (χ3v) is 8.57. The lowest BCUT2D eigenvalue weighted by molar-refractivity contribution is -0.170. The SMILES string of the molecule is CC[C@H](C)S(=O)(=O)C(C)(C)C(=O)Nc1cc(C(C)(C)COC2CCCCO2)no1. The van der Waals surface area contributed by atoms with Crippen LogP contribution in [0.15, 0.2) is 10.6 Å². The van der Waals surface area contributed by atoms with Crippen LogP contribution in [0.25, 0.3) is 0 Å². The molecule has 0 bridgehead atoms. The second-order valence-corrected chi connectivity index (χ2v) is 11.7. The number of rotatable bonds is 9. The number of ether oxygens (including phenoxy) is 2. The van der Waals surface area contributed by atoms with Gasteiger partial charge in [0.25, 0.3) is 0 Å². The van der Waals surface area contributed by atoms with Crippen LogP contribution in [0.4, 0.5) is 5.88 Å². The van der Waals surface area contributed by atoms with Gasteiger partial charge in [0.15, 0.2) is 16.1 Å². The van der Waals surface area contributed by atoms with Gasteiger partial charge in [0.05, 0.1) is 17.6 Å². The Hall–Kier alpha value is -1.45. The van der Waals surface area contributed by atoms with Gasteiger partial charge < -0.3 is 14.0 Å². The van der Waals surface area contributed by atoms with Gasteiger partial charge in [0, 0.05) is 18.1 Å². The van der Waals surface area contributed by atoms with E-state index < -0.39 is 31.2 Å².